The maximum atomic E-state index is 5.07. The molecule has 0 aromatic carbocycles. The number of unbranched alkanes of at least 4 members (excludes halogenated alkanes) is 1. The van der Waals surface area contributed by atoms with Gasteiger partial charge in [-0.1, -0.05) is 20.3 Å². The van der Waals surface area contributed by atoms with Gasteiger partial charge in [-0.3, -0.25) is 0 Å². The van der Waals surface area contributed by atoms with Gasteiger partial charge in [0.05, 0.1) is 5.69 Å². The van der Waals surface area contributed by atoms with E-state index < -0.39 is 0 Å². The minimum atomic E-state index is 0.764. The Morgan fingerprint density at radius 2 is 2.00 bits per heavy atom. The van der Waals surface area contributed by atoms with Gasteiger partial charge in [0.2, 0.25) is 0 Å². The van der Waals surface area contributed by atoms with Crippen molar-refractivity contribution >= 4 is 16.5 Å². The fourth-order valence-corrected chi connectivity index (χ4v) is 4.02. The Morgan fingerprint density at radius 1 is 1.19 bits per heavy atom. The van der Waals surface area contributed by atoms with E-state index in [1.54, 1.807) is 0 Å². The highest BCUT2D eigenvalue weighted by Crippen LogP contribution is 2.45. The number of rotatable bonds is 10. The van der Waals surface area contributed by atoms with E-state index in [2.05, 4.69) is 24.1 Å². The molecule has 2 aliphatic rings. The zero-order valence-electron chi connectivity index (χ0n) is 13.5. The summed E-state index contributed by atoms with van der Waals surface area (Å²) in [5.41, 5.74) is 1.42. The Bertz CT molecular complexity index is 449. The summed E-state index contributed by atoms with van der Waals surface area (Å²) in [6, 6.07) is 0.784. The summed E-state index contributed by atoms with van der Waals surface area (Å²) in [7, 11) is 0. The van der Waals surface area contributed by atoms with Crippen LogP contribution in [0.3, 0.4) is 0 Å². The van der Waals surface area contributed by atoms with Gasteiger partial charge >= 0.3 is 0 Å². The van der Waals surface area contributed by atoms with Crippen LogP contribution in [0.25, 0.3) is 0 Å². The molecule has 0 radical (unpaired) electrons. The maximum Gasteiger partial charge on any atom is 0.186 e. The van der Waals surface area contributed by atoms with Gasteiger partial charge in [0.1, 0.15) is 0 Å². The van der Waals surface area contributed by atoms with Gasteiger partial charge in [-0.2, -0.15) is 0 Å². The lowest BCUT2D eigenvalue weighted by atomic mass is 10.2. The van der Waals surface area contributed by atoms with Crippen molar-refractivity contribution in [1.82, 2.24) is 10.3 Å². The first-order chi connectivity index (χ1) is 10.3. The normalized spacial score (nSPS) is 18.2. The Balaban J connectivity index is 1.72. The maximum absolute atomic E-state index is 5.07. The standard InChI is InChI=1S/C17H29N3S/c1-3-5-11-20(14-8-9-14)17-19-16(13-6-7-13)15(21-17)12-18-10-4-2/h13-14,18H,3-12H2,1-2H3. The van der Waals surface area contributed by atoms with Crippen molar-refractivity contribution in [2.45, 2.75) is 77.3 Å². The number of thiazole rings is 1. The molecule has 2 aliphatic carbocycles. The second-order valence-corrected chi connectivity index (χ2v) is 7.60. The first kappa shape index (κ1) is 15.3. The molecule has 1 aromatic heterocycles. The number of hydrogen-bond acceptors (Lipinski definition) is 4. The van der Waals surface area contributed by atoms with Crippen LogP contribution in [0.4, 0.5) is 5.13 Å². The monoisotopic (exact) mass is 307 g/mol. The van der Waals surface area contributed by atoms with Crippen molar-refractivity contribution in [2.75, 3.05) is 18.0 Å². The first-order valence-corrected chi connectivity index (χ1v) is 9.62. The summed E-state index contributed by atoms with van der Waals surface area (Å²) in [5, 5.41) is 4.87. The molecule has 0 saturated heterocycles. The van der Waals surface area contributed by atoms with E-state index in [4.69, 9.17) is 4.98 Å². The fraction of sp³-hybridized carbons (Fsp3) is 0.824. The molecule has 0 bridgehead atoms. The van der Waals surface area contributed by atoms with E-state index in [9.17, 15) is 0 Å². The SMILES string of the molecule is CCCCN(c1nc(C2CC2)c(CNCCC)s1)C1CC1. The summed E-state index contributed by atoms with van der Waals surface area (Å²) >= 11 is 1.96. The Morgan fingerprint density at radius 3 is 2.62 bits per heavy atom. The second-order valence-electron chi connectivity index (χ2n) is 6.53. The van der Waals surface area contributed by atoms with E-state index in [0.717, 1.165) is 25.0 Å². The lowest BCUT2D eigenvalue weighted by Crippen LogP contribution is -2.26. The van der Waals surface area contributed by atoms with Crippen molar-refractivity contribution in [3.63, 3.8) is 0 Å². The molecule has 21 heavy (non-hydrogen) atoms. The zero-order chi connectivity index (χ0) is 14.7. The van der Waals surface area contributed by atoms with Crippen LogP contribution >= 0.6 is 11.3 Å². The molecule has 3 rings (SSSR count). The summed E-state index contributed by atoms with van der Waals surface area (Å²) in [4.78, 5) is 9.17. The Labute approximate surface area is 133 Å². The molecular formula is C17H29N3S. The summed E-state index contributed by atoms with van der Waals surface area (Å²) in [5.74, 6) is 0.764. The van der Waals surface area contributed by atoms with Gasteiger partial charge in [0, 0.05) is 29.9 Å². The largest absolute Gasteiger partial charge is 0.345 e. The molecule has 1 heterocycles. The molecule has 4 heteroatoms. The van der Waals surface area contributed by atoms with Crippen LogP contribution in [0.1, 0.15) is 75.3 Å². The topological polar surface area (TPSA) is 28.2 Å². The molecule has 3 nitrogen and oxygen atoms in total. The zero-order valence-corrected chi connectivity index (χ0v) is 14.3. The third-order valence-electron chi connectivity index (χ3n) is 4.38. The van der Waals surface area contributed by atoms with Gasteiger partial charge in [-0.05, 0) is 45.1 Å². The fourth-order valence-electron chi connectivity index (χ4n) is 2.80. The van der Waals surface area contributed by atoms with Crippen LogP contribution in [0.2, 0.25) is 0 Å². The third-order valence-corrected chi connectivity index (χ3v) is 5.49. The molecule has 1 aromatic rings. The predicted octanol–water partition coefficient (Wildman–Crippen LogP) is 4.29. The molecule has 2 saturated carbocycles. The highest BCUT2D eigenvalue weighted by molar-refractivity contribution is 7.15. The number of nitrogens with one attached hydrogen (secondary N) is 1. The van der Waals surface area contributed by atoms with E-state index in [0.29, 0.717) is 0 Å². The molecule has 0 spiro atoms. The average Bonchev–Trinajstić information content (AvgIpc) is 3.39. The smallest absolute Gasteiger partial charge is 0.186 e. The van der Waals surface area contributed by atoms with E-state index in [1.807, 2.05) is 11.3 Å². The summed E-state index contributed by atoms with van der Waals surface area (Å²) in [6.45, 7) is 7.83. The van der Waals surface area contributed by atoms with Crippen LogP contribution in [-0.4, -0.2) is 24.1 Å². The molecule has 0 atom stereocenters. The Kier molecular flexibility index (Phi) is 5.17. The summed E-state index contributed by atoms with van der Waals surface area (Å²) in [6.07, 6.45) is 9.20. The van der Waals surface area contributed by atoms with Crippen LogP contribution in [0.15, 0.2) is 0 Å². The van der Waals surface area contributed by atoms with Gasteiger partial charge in [0.25, 0.3) is 0 Å². The number of anilines is 1. The quantitative estimate of drug-likeness (QED) is 0.654. The molecular weight excluding hydrogens is 278 g/mol. The van der Waals surface area contributed by atoms with Gasteiger partial charge in [-0.25, -0.2) is 4.98 Å². The molecule has 0 amide bonds. The van der Waals surface area contributed by atoms with Crippen LogP contribution in [0, 0.1) is 0 Å². The van der Waals surface area contributed by atoms with Crippen molar-refractivity contribution in [3.05, 3.63) is 10.6 Å². The molecule has 118 valence electrons. The van der Waals surface area contributed by atoms with E-state index in [1.165, 1.54) is 67.2 Å². The number of aromatic nitrogens is 1. The lowest BCUT2D eigenvalue weighted by molar-refractivity contribution is 0.676. The molecule has 0 unspecified atom stereocenters. The number of hydrogen-bond donors (Lipinski definition) is 1. The van der Waals surface area contributed by atoms with Crippen LogP contribution in [0.5, 0.6) is 0 Å². The van der Waals surface area contributed by atoms with Crippen molar-refractivity contribution in [2.24, 2.45) is 0 Å². The highest BCUT2D eigenvalue weighted by Gasteiger charge is 2.34. The van der Waals surface area contributed by atoms with Gasteiger partial charge in [0.15, 0.2) is 5.13 Å². The van der Waals surface area contributed by atoms with Crippen molar-refractivity contribution in [1.29, 1.82) is 0 Å². The third kappa shape index (κ3) is 3.98. The Hall–Kier alpha value is -0.610. The molecule has 2 fully saturated rings. The average molecular weight is 308 g/mol. The predicted molar refractivity (Wildman–Crippen MR) is 91.4 cm³/mol. The summed E-state index contributed by atoms with van der Waals surface area (Å²) < 4.78 is 0. The number of nitrogens with zero attached hydrogens (tertiary/aromatic N) is 2. The lowest BCUT2D eigenvalue weighted by Gasteiger charge is -2.21. The van der Waals surface area contributed by atoms with E-state index >= 15 is 0 Å². The minimum absolute atomic E-state index is 0.764. The molecule has 0 aliphatic heterocycles. The van der Waals surface area contributed by atoms with Crippen LogP contribution < -0.4 is 10.2 Å². The van der Waals surface area contributed by atoms with E-state index in [-0.39, 0.29) is 0 Å². The van der Waals surface area contributed by atoms with Crippen LogP contribution in [-0.2, 0) is 6.54 Å². The second kappa shape index (κ2) is 7.10. The van der Waals surface area contributed by atoms with Gasteiger partial charge < -0.3 is 10.2 Å². The molecule has 1 N–H and O–H groups in total. The van der Waals surface area contributed by atoms with Crippen molar-refractivity contribution in [3.8, 4) is 0 Å². The minimum Gasteiger partial charge on any atom is -0.345 e. The highest BCUT2D eigenvalue weighted by atomic mass is 32.1. The first-order valence-electron chi connectivity index (χ1n) is 8.80. The van der Waals surface area contributed by atoms with Gasteiger partial charge in [-0.15, -0.1) is 11.3 Å². The van der Waals surface area contributed by atoms with Crippen molar-refractivity contribution < 1.29 is 0 Å².